The fourth-order valence-corrected chi connectivity index (χ4v) is 2.09. The molecule has 0 aliphatic carbocycles. The monoisotopic (exact) mass is 201 g/mol. The maximum absolute atomic E-state index is 11.2. The van der Waals surface area contributed by atoms with Crippen LogP contribution in [-0.4, -0.2) is 5.91 Å². The number of fused-ring (bicyclic) bond motifs is 2. The van der Waals surface area contributed by atoms with Gasteiger partial charge in [0.15, 0.2) is 0 Å². The van der Waals surface area contributed by atoms with Gasteiger partial charge in [-0.3, -0.25) is 4.79 Å². The zero-order valence-corrected chi connectivity index (χ0v) is 8.30. The van der Waals surface area contributed by atoms with Crippen molar-refractivity contribution in [3.8, 4) is 5.75 Å². The minimum atomic E-state index is 0.0974. The number of hydrogen-bond donors (Lipinski definition) is 1. The maximum Gasteiger partial charge on any atom is 0.224 e. The minimum absolute atomic E-state index is 0.0974. The summed E-state index contributed by atoms with van der Waals surface area (Å²) < 4.78 is 5.49. The molecule has 3 heteroatoms. The summed E-state index contributed by atoms with van der Waals surface area (Å²) in [6, 6.07) is 4.02. The first-order valence-electron chi connectivity index (χ1n) is 5.03. The van der Waals surface area contributed by atoms with E-state index in [0.29, 0.717) is 6.42 Å². The van der Waals surface area contributed by atoms with Crippen LogP contribution in [0.1, 0.15) is 17.5 Å². The Morgan fingerprint density at radius 1 is 1.27 bits per heavy atom. The molecule has 3 rings (SSSR count). The van der Waals surface area contributed by atoms with Gasteiger partial charge in [-0.1, -0.05) is 6.58 Å². The number of ether oxygens (including phenoxy) is 1. The van der Waals surface area contributed by atoms with Gasteiger partial charge in [0, 0.05) is 24.1 Å². The summed E-state index contributed by atoms with van der Waals surface area (Å²) in [5.41, 5.74) is 3.20. The molecule has 1 N–H and O–H groups in total. The number of amides is 1. The molecule has 0 radical (unpaired) electrons. The number of aryl methyl sites for hydroxylation is 1. The van der Waals surface area contributed by atoms with Crippen LogP contribution < -0.4 is 10.1 Å². The fraction of sp³-hybridized carbons (Fsp3) is 0.250. The minimum Gasteiger partial charge on any atom is -0.462 e. The van der Waals surface area contributed by atoms with Gasteiger partial charge >= 0.3 is 0 Å². The molecule has 15 heavy (non-hydrogen) atoms. The van der Waals surface area contributed by atoms with Crippen molar-refractivity contribution in [2.24, 2.45) is 0 Å². The lowest BCUT2D eigenvalue weighted by Crippen LogP contribution is -2.18. The summed E-state index contributed by atoms with van der Waals surface area (Å²) in [7, 11) is 0. The van der Waals surface area contributed by atoms with Crippen molar-refractivity contribution in [3.05, 3.63) is 35.6 Å². The molecule has 0 fully saturated rings. The number of carbonyl (C=O) groups excluding carboxylic acids is 1. The first-order chi connectivity index (χ1) is 7.22. The molecule has 0 saturated heterocycles. The zero-order valence-electron chi connectivity index (χ0n) is 8.30. The number of anilines is 1. The number of nitrogens with one attached hydrogen (secondary N) is 1. The molecule has 2 heterocycles. The molecule has 0 aromatic heterocycles. The highest BCUT2D eigenvalue weighted by molar-refractivity contribution is 5.94. The van der Waals surface area contributed by atoms with E-state index < -0.39 is 0 Å². The molecule has 1 amide bonds. The van der Waals surface area contributed by atoms with Gasteiger partial charge in [0.05, 0.1) is 0 Å². The standard InChI is InChI=1S/C12H11NO2/c1-7-4-9-5-10-8(6-11(9)15-7)2-3-12(14)13-10/h5-6H,1-4H2,(H,13,14). The van der Waals surface area contributed by atoms with Gasteiger partial charge in [0.1, 0.15) is 11.5 Å². The molecule has 2 aliphatic rings. The van der Waals surface area contributed by atoms with E-state index in [1.165, 1.54) is 0 Å². The topological polar surface area (TPSA) is 38.3 Å². The highest BCUT2D eigenvalue weighted by atomic mass is 16.5. The first-order valence-corrected chi connectivity index (χ1v) is 5.03. The lowest BCUT2D eigenvalue weighted by Gasteiger charge is -2.17. The highest BCUT2D eigenvalue weighted by Crippen LogP contribution is 2.36. The van der Waals surface area contributed by atoms with Crippen molar-refractivity contribution in [3.63, 3.8) is 0 Å². The summed E-state index contributed by atoms with van der Waals surface area (Å²) in [5.74, 6) is 1.77. The molecular weight excluding hydrogens is 190 g/mol. The van der Waals surface area contributed by atoms with Crippen LogP contribution in [0.5, 0.6) is 5.75 Å². The molecule has 1 aromatic rings. The SMILES string of the molecule is C=C1Cc2cc3c(cc2O1)CCC(=O)N3. The van der Waals surface area contributed by atoms with Crippen LogP contribution in [0.2, 0.25) is 0 Å². The molecule has 0 atom stereocenters. The Kier molecular flexibility index (Phi) is 1.63. The largest absolute Gasteiger partial charge is 0.462 e. The fourth-order valence-electron chi connectivity index (χ4n) is 2.09. The van der Waals surface area contributed by atoms with Crippen molar-refractivity contribution in [2.75, 3.05) is 5.32 Å². The third-order valence-corrected chi connectivity index (χ3v) is 2.82. The predicted molar refractivity (Wildman–Crippen MR) is 56.9 cm³/mol. The van der Waals surface area contributed by atoms with Crippen LogP contribution in [0.15, 0.2) is 24.5 Å². The molecule has 76 valence electrons. The average Bonchev–Trinajstić information content (AvgIpc) is 2.53. The number of rotatable bonds is 0. The van der Waals surface area contributed by atoms with Crippen LogP contribution in [0.4, 0.5) is 5.69 Å². The molecule has 3 nitrogen and oxygen atoms in total. The van der Waals surface area contributed by atoms with Crippen molar-refractivity contribution in [1.82, 2.24) is 0 Å². The van der Waals surface area contributed by atoms with E-state index >= 15 is 0 Å². The molecular formula is C12H11NO2. The van der Waals surface area contributed by atoms with E-state index in [2.05, 4.69) is 11.9 Å². The molecule has 0 unspecified atom stereocenters. The van der Waals surface area contributed by atoms with E-state index in [4.69, 9.17) is 4.74 Å². The van der Waals surface area contributed by atoms with Gasteiger partial charge in [0.2, 0.25) is 5.91 Å². The third kappa shape index (κ3) is 1.31. The second-order valence-corrected chi connectivity index (χ2v) is 3.98. The van der Waals surface area contributed by atoms with Gasteiger partial charge in [-0.05, 0) is 24.1 Å². The number of allylic oxidation sites excluding steroid dienone is 1. The quantitative estimate of drug-likeness (QED) is 0.697. The van der Waals surface area contributed by atoms with Crippen molar-refractivity contribution >= 4 is 11.6 Å². The van der Waals surface area contributed by atoms with Crippen LogP contribution in [0, 0.1) is 0 Å². The van der Waals surface area contributed by atoms with E-state index in [0.717, 1.165) is 41.2 Å². The maximum atomic E-state index is 11.2. The Labute approximate surface area is 87.7 Å². The van der Waals surface area contributed by atoms with Gasteiger partial charge in [0.25, 0.3) is 0 Å². The lowest BCUT2D eigenvalue weighted by molar-refractivity contribution is -0.116. The van der Waals surface area contributed by atoms with E-state index in [9.17, 15) is 4.79 Å². The van der Waals surface area contributed by atoms with E-state index in [1.807, 2.05) is 12.1 Å². The second kappa shape index (κ2) is 2.86. The third-order valence-electron chi connectivity index (χ3n) is 2.82. The van der Waals surface area contributed by atoms with Gasteiger partial charge in [-0.25, -0.2) is 0 Å². The summed E-state index contributed by atoms with van der Waals surface area (Å²) in [6.45, 7) is 3.80. The van der Waals surface area contributed by atoms with E-state index in [1.54, 1.807) is 0 Å². The van der Waals surface area contributed by atoms with Crippen LogP contribution in [-0.2, 0) is 17.6 Å². The molecule has 2 aliphatic heterocycles. The van der Waals surface area contributed by atoms with E-state index in [-0.39, 0.29) is 5.91 Å². The second-order valence-electron chi connectivity index (χ2n) is 3.98. The Bertz CT molecular complexity index is 477. The normalized spacial score (nSPS) is 17.9. The summed E-state index contributed by atoms with van der Waals surface area (Å²) in [6.07, 6.45) is 2.11. The molecule has 0 spiro atoms. The van der Waals surface area contributed by atoms with Crippen molar-refractivity contribution < 1.29 is 9.53 Å². The van der Waals surface area contributed by atoms with Crippen molar-refractivity contribution in [2.45, 2.75) is 19.3 Å². The van der Waals surface area contributed by atoms with Gasteiger partial charge in [-0.2, -0.15) is 0 Å². The highest BCUT2D eigenvalue weighted by Gasteiger charge is 2.22. The van der Waals surface area contributed by atoms with Crippen molar-refractivity contribution in [1.29, 1.82) is 0 Å². The zero-order chi connectivity index (χ0) is 10.4. The Morgan fingerprint density at radius 2 is 2.13 bits per heavy atom. The number of benzene rings is 1. The first kappa shape index (κ1) is 8.53. The smallest absolute Gasteiger partial charge is 0.224 e. The molecule has 0 saturated carbocycles. The summed E-state index contributed by atoms with van der Waals surface area (Å²) in [5, 5.41) is 2.88. The van der Waals surface area contributed by atoms with Gasteiger partial charge in [-0.15, -0.1) is 0 Å². The summed E-state index contributed by atoms with van der Waals surface area (Å²) in [4.78, 5) is 11.2. The van der Waals surface area contributed by atoms with Gasteiger partial charge < -0.3 is 10.1 Å². The molecule has 0 bridgehead atoms. The van der Waals surface area contributed by atoms with Crippen LogP contribution in [0.25, 0.3) is 0 Å². The summed E-state index contributed by atoms with van der Waals surface area (Å²) >= 11 is 0. The Balaban J connectivity index is 2.09. The Morgan fingerprint density at radius 3 is 3.00 bits per heavy atom. The van der Waals surface area contributed by atoms with Crippen LogP contribution in [0.3, 0.4) is 0 Å². The lowest BCUT2D eigenvalue weighted by atomic mass is 9.99. The number of hydrogen-bond acceptors (Lipinski definition) is 2. The van der Waals surface area contributed by atoms with Crippen LogP contribution >= 0.6 is 0 Å². The number of carbonyl (C=O) groups is 1. The Hall–Kier alpha value is -1.77. The molecule has 1 aromatic carbocycles. The average molecular weight is 201 g/mol. The predicted octanol–water partition coefficient (Wildman–Crippen LogP) is 2.02.